The molecular weight excluding hydrogens is 228 g/mol. The van der Waals surface area contributed by atoms with Crippen LogP contribution in [0.4, 0.5) is 0 Å². The van der Waals surface area contributed by atoms with E-state index >= 15 is 0 Å². The van der Waals surface area contributed by atoms with Crippen LogP contribution in [0.25, 0.3) is 0 Å². The van der Waals surface area contributed by atoms with Crippen LogP contribution in [0.15, 0.2) is 17.5 Å². The van der Waals surface area contributed by atoms with Gasteiger partial charge in [0.15, 0.2) is 0 Å². The maximum Gasteiger partial charge on any atom is 0.0328 e. The predicted molar refractivity (Wildman–Crippen MR) is 75.5 cm³/mol. The van der Waals surface area contributed by atoms with Crippen LogP contribution < -0.4 is 5.32 Å². The summed E-state index contributed by atoms with van der Waals surface area (Å²) in [5, 5.41) is 5.79. The molecule has 17 heavy (non-hydrogen) atoms. The second kappa shape index (κ2) is 5.51. The molecule has 3 heteroatoms. The van der Waals surface area contributed by atoms with Crippen molar-refractivity contribution in [3.05, 3.63) is 22.4 Å². The van der Waals surface area contributed by atoms with Gasteiger partial charge in [0.05, 0.1) is 0 Å². The number of nitrogens with zero attached hydrogens (tertiary/aromatic N) is 1. The Kier molecular flexibility index (Phi) is 4.23. The molecule has 1 unspecified atom stereocenters. The van der Waals surface area contributed by atoms with E-state index in [1.165, 1.54) is 24.4 Å². The van der Waals surface area contributed by atoms with Crippen molar-refractivity contribution in [2.24, 2.45) is 5.92 Å². The Morgan fingerprint density at radius 1 is 1.47 bits per heavy atom. The van der Waals surface area contributed by atoms with Crippen LogP contribution in [-0.4, -0.2) is 30.1 Å². The van der Waals surface area contributed by atoms with Crippen molar-refractivity contribution in [2.45, 2.75) is 39.3 Å². The first kappa shape index (κ1) is 13.1. The van der Waals surface area contributed by atoms with Gasteiger partial charge in [0, 0.05) is 23.5 Å². The molecule has 1 fully saturated rings. The van der Waals surface area contributed by atoms with Crippen molar-refractivity contribution in [3.63, 3.8) is 0 Å². The topological polar surface area (TPSA) is 15.3 Å². The van der Waals surface area contributed by atoms with Gasteiger partial charge in [0.25, 0.3) is 0 Å². The molecule has 0 aromatic carbocycles. The summed E-state index contributed by atoms with van der Waals surface area (Å²) < 4.78 is 0. The molecule has 2 heterocycles. The smallest absolute Gasteiger partial charge is 0.0328 e. The zero-order chi connectivity index (χ0) is 12.3. The molecule has 1 atom stereocenters. The first-order valence-electron chi connectivity index (χ1n) is 6.53. The monoisotopic (exact) mass is 252 g/mol. The van der Waals surface area contributed by atoms with E-state index in [4.69, 9.17) is 0 Å². The molecule has 0 aliphatic carbocycles. The number of thiophene rings is 1. The lowest BCUT2D eigenvalue weighted by atomic mass is 10.1. The largest absolute Gasteiger partial charge is 0.312 e. The van der Waals surface area contributed by atoms with Crippen LogP contribution in [0.2, 0.25) is 0 Å². The average Bonchev–Trinajstić information content (AvgIpc) is 2.86. The SMILES string of the molecule is CC(C)(C)NCC1CCN(Cc2cccs2)C1. The van der Waals surface area contributed by atoms with Gasteiger partial charge in [-0.2, -0.15) is 0 Å². The highest BCUT2D eigenvalue weighted by Gasteiger charge is 2.23. The fourth-order valence-electron chi connectivity index (χ4n) is 2.30. The van der Waals surface area contributed by atoms with Gasteiger partial charge in [-0.1, -0.05) is 6.07 Å². The lowest BCUT2D eigenvalue weighted by molar-refractivity contribution is 0.307. The Hall–Kier alpha value is -0.380. The Morgan fingerprint density at radius 3 is 2.94 bits per heavy atom. The minimum atomic E-state index is 0.251. The number of hydrogen-bond donors (Lipinski definition) is 1. The van der Waals surface area contributed by atoms with E-state index in [-0.39, 0.29) is 5.54 Å². The average molecular weight is 252 g/mol. The Bertz CT molecular complexity index is 326. The summed E-state index contributed by atoms with van der Waals surface area (Å²) in [6.45, 7) is 11.5. The molecule has 1 aliphatic heterocycles. The molecule has 2 rings (SSSR count). The Balaban J connectivity index is 1.72. The summed E-state index contributed by atoms with van der Waals surface area (Å²) in [5.74, 6) is 0.828. The molecule has 1 saturated heterocycles. The van der Waals surface area contributed by atoms with E-state index in [2.05, 4.69) is 48.5 Å². The number of likely N-dealkylation sites (tertiary alicyclic amines) is 1. The summed E-state index contributed by atoms with van der Waals surface area (Å²) >= 11 is 1.87. The summed E-state index contributed by atoms with van der Waals surface area (Å²) in [6.07, 6.45) is 1.34. The molecule has 96 valence electrons. The first-order valence-corrected chi connectivity index (χ1v) is 7.41. The summed E-state index contributed by atoms with van der Waals surface area (Å²) in [7, 11) is 0. The highest BCUT2D eigenvalue weighted by atomic mass is 32.1. The zero-order valence-corrected chi connectivity index (χ0v) is 12.0. The molecule has 0 radical (unpaired) electrons. The summed E-state index contributed by atoms with van der Waals surface area (Å²) in [5.41, 5.74) is 0.251. The second-order valence-corrected chi connectivity index (χ2v) is 7.13. The van der Waals surface area contributed by atoms with E-state index in [0.717, 1.165) is 19.0 Å². The van der Waals surface area contributed by atoms with E-state index in [1.807, 2.05) is 11.3 Å². The van der Waals surface area contributed by atoms with Crippen molar-refractivity contribution >= 4 is 11.3 Å². The van der Waals surface area contributed by atoms with Gasteiger partial charge in [0.1, 0.15) is 0 Å². The third kappa shape index (κ3) is 4.41. The number of hydrogen-bond acceptors (Lipinski definition) is 3. The molecule has 0 bridgehead atoms. The van der Waals surface area contributed by atoms with Crippen molar-refractivity contribution in [3.8, 4) is 0 Å². The molecular formula is C14H24N2S. The normalized spacial score (nSPS) is 22.2. The zero-order valence-electron chi connectivity index (χ0n) is 11.2. The van der Waals surface area contributed by atoms with Gasteiger partial charge in [0.2, 0.25) is 0 Å². The minimum Gasteiger partial charge on any atom is -0.312 e. The maximum atomic E-state index is 3.62. The fraction of sp³-hybridized carbons (Fsp3) is 0.714. The van der Waals surface area contributed by atoms with Crippen molar-refractivity contribution in [1.29, 1.82) is 0 Å². The van der Waals surface area contributed by atoms with Crippen molar-refractivity contribution in [1.82, 2.24) is 10.2 Å². The van der Waals surface area contributed by atoms with Crippen LogP contribution in [-0.2, 0) is 6.54 Å². The van der Waals surface area contributed by atoms with Gasteiger partial charge in [-0.05, 0) is 57.6 Å². The highest BCUT2D eigenvalue weighted by molar-refractivity contribution is 7.09. The lowest BCUT2D eigenvalue weighted by Gasteiger charge is -2.23. The molecule has 1 N–H and O–H groups in total. The van der Waals surface area contributed by atoms with Crippen LogP contribution in [0.3, 0.4) is 0 Å². The molecule has 1 aromatic rings. The third-order valence-corrected chi connectivity index (χ3v) is 4.11. The maximum absolute atomic E-state index is 3.62. The quantitative estimate of drug-likeness (QED) is 0.886. The van der Waals surface area contributed by atoms with Crippen LogP contribution in [0.5, 0.6) is 0 Å². The van der Waals surface area contributed by atoms with Crippen molar-refractivity contribution < 1.29 is 0 Å². The number of rotatable bonds is 4. The van der Waals surface area contributed by atoms with Crippen LogP contribution in [0.1, 0.15) is 32.1 Å². The molecule has 2 nitrogen and oxygen atoms in total. The lowest BCUT2D eigenvalue weighted by Crippen LogP contribution is -2.39. The summed E-state index contributed by atoms with van der Waals surface area (Å²) in [4.78, 5) is 4.08. The second-order valence-electron chi connectivity index (χ2n) is 6.10. The first-order chi connectivity index (χ1) is 8.03. The van der Waals surface area contributed by atoms with Crippen LogP contribution in [0, 0.1) is 5.92 Å². The van der Waals surface area contributed by atoms with Gasteiger partial charge in [-0.3, -0.25) is 4.90 Å². The minimum absolute atomic E-state index is 0.251. The van der Waals surface area contributed by atoms with Gasteiger partial charge in [-0.25, -0.2) is 0 Å². The van der Waals surface area contributed by atoms with E-state index in [9.17, 15) is 0 Å². The van der Waals surface area contributed by atoms with E-state index < -0.39 is 0 Å². The number of nitrogens with one attached hydrogen (secondary N) is 1. The van der Waals surface area contributed by atoms with E-state index in [0.29, 0.717) is 0 Å². The highest BCUT2D eigenvalue weighted by Crippen LogP contribution is 2.20. The molecule has 1 aromatic heterocycles. The standard InChI is InChI=1S/C14H24N2S/c1-14(2,3)15-9-12-6-7-16(10-12)11-13-5-4-8-17-13/h4-5,8,12,15H,6-7,9-11H2,1-3H3. The summed E-state index contributed by atoms with van der Waals surface area (Å²) in [6, 6.07) is 4.39. The molecule has 0 saturated carbocycles. The van der Waals surface area contributed by atoms with E-state index in [1.54, 1.807) is 0 Å². The predicted octanol–water partition coefficient (Wildman–Crippen LogP) is 2.96. The molecule has 1 aliphatic rings. The fourth-order valence-corrected chi connectivity index (χ4v) is 3.04. The van der Waals surface area contributed by atoms with Gasteiger partial charge in [-0.15, -0.1) is 11.3 Å². The Morgan fingerprint density at radius 2 is 2.29 bits per heavy atom. The van der Waals surface area contributed by atoms with Crippen molar-refractivity contribution in [2.75, 3.05) is 19.6 Å². The molecule has 0 amide bonds. The molecule has 0 spiro atoms. The van der Waals surface area contributed by atoms with Gasteiger partial charge >= 0.3 is 0 Å². The van der Waals surface area contributed by atoms with Crippen LogP contribution >= 0.6 is 11.3 Å². The van der Waals surface area contributed by atoms with Gasteiger partial charge < -0.3 is 5.32 Å². The third-order valence-electron chi connectivity index (χ3n) is 3.25. The Labute approximate surface area is 109 Å².